The second kappa shape index (κ2) is 13.2. The average molecular weight is 754 g/mol. The highest BCUT2D eigenvalue weighted by atomic mass is 32.1. The number of thiophene rings is 1. The Balaban J connectivity index is 1.09. The summed E-state index contributed by atoms with van der Waals surface area (Å²) in [7, 11) is 0. The van der Waals surface area contributed by atoms with E-state index >= 15 is 0 Å². The highest BCUT2D eigenvalue weighted by Gasteiger charge is 2.20. The zero-order valence-corrected chi connectivity index (χ0v) is 32.4. The van der Waals surface area contributed by atoms with Crippen molar-refractivity contribution < 1.29 is 0 Å². The molecule has 11 aromatic carbocycles. The lowest BCUT2D eigenvalue weighted by atomic mass is 9.90. The van der Waals surface area contributed by atoms with Crippen molar-refractivity contribution in [1.29, 1.82) is 0 Å². The van der Waals surface area contributed by atoms with Gasteiger partial charge in [-0.25, -0.2) is 0 Å². The fourth-order valence-electron chi connectivity index (χ4n) is 9.19. The molecule has 12 aromatic rings. The first-order chi connectivity index (χ1) is 28.7. The number of fused-ring (bicyclic) bond motifs is 9. The lowest BCUT2D eigenvalue weighted by molar-refractivity contribution is 1.31. The standard InChI is InChI=1S/C56H35NS/c1-2-12-36(13-3-1)39-22-23-41-31-43(25-24-40(41)30-39)57(44-26-29-55-53(35-44)52-32-37-14-4-5-15-38(37)34-56(52)58-55)54-28-27-49(47-19-10-11-21-50(47)54)51-33-42-16-6-7-17-45(42)46-18-8-9-20-48(46)51/h1-35H. The molecule has 0 aliphatic carbocycles. The van der Waals surface area contributed by atoms with Crippen molar-refractivity contribution in [2.24, 2.45) is 0 Å². The molecule has 1 nitrogen and oxygen atoms in total. The van der Waals surface area contributed by atoms with Gasteiger partial charge in [0.25, 0.3) is 0 Å². The van der Waals surface area contributed by atoms with Crippen LogP contribution in [-0.4, -0.2) is 0 Å². The van der Waals surface area contributed by atoms with Crippen molar-refractivity contribution in [1.82, 2.24) is 0 Å². The number of rotatable bonds is 5. The van der Waals surface area contributed by atoms with E-state index < -0.39 is 0 Å². The number of nitrogens with zero attached hydrogens (tertiary/aromatic N) is 1. The monoisotopic (exact) mass is 753 g/mol. The van der Waals surface area contributed by atoms with Crippen LogP contribution in [0.2, 0.25) is 0 Å². The SMILES string of the molecule is c1ccc(-c2ccc3cc(N(c4ccc5sc6cc7ccccc7cc6c5c4)c4ccc(-c5cc6ccccc6c6ccccc56)c5ccccc45)ccc3c2)cc1. The van der Waals surface area contributed by atoms with Crippen LogP contribution in [0.1, 0.15) is 0 Å². The molecule has 0 bridgehead atoms. The van der Waals surface area contributed by atoms with Crippen LogP contribution >= 0.6 is 11.3 Å². The van der Waals surface area contributed by atoms with Crippen molar-refractivity contribution in [2.75, 3.05) is 4.90 Å². The zero-order valence-electron chi connectivity index (χ0n) is 31.6. The predicted molar refractivity (Wildman–Crippen MR) is 252 cm³/mol. The second-order valence-electron chi connectivity index (χ2n) is 15.3. The Morgan fingerprint density at radius 2 is 0.862 bits per heavy atom. The van der Waals surface area contributed by atoms with Gasteiger partial charge in [-0.15, -0.1) is 11.3 Å². The van der Waals surface area contributed by atoms with Crippen LogP contribution in [0.15, 0.2) is 212 Å². The van der Waals surface area contributed by atoms with E-state index in [-0.39, 0.29) is 0 Å². The highest BCUT2D eigenvalue weighted by molar-refractivity contribution is 7.25. The summed E-state index contributed by atoms with van der Waals surface area (Å²) in [5, 5.41) is 15.1. The summed E-state index contributed by atoms with van der Waals surface area (Å²) in [5.74, 6) is 0. The third kappa shape index (κ3) is 5.30. The van der Waals surface area contributed by atoms with Crippen LogP contribution in [0.5, 0.6) is 0 Å². The fraction of sp³-hybridized carbons (Fsp3) is 0. The van der Waals surface area contributed by atoms with Gasteiger partial charge in [-0.2, -0.15) is 0 Å². The molecule has 58 heavy (non-hydrogen) atoms. The molecule has 0 spiro atoms. The van der Waals surface area contributed by atoms with E-state index in [1.54, 1.807) is 0 Å². The summed E-state index contributed by atoms with van der Waals surface area (Å²) in [6, 6.07) is 78.5. The Hall–Kier alpha value is -7.26. The minimum absolute atomic E-state index is 1.12. The highest BCUT2D eigenvalue weighted by Crippen LogP contribution is 2.47. The molecule has 0 aliphatic rings. The van der Waals surface area contributed by atoms with Gasteiger partial charge in [-0.1, -0.05) is 152 Å². The quantitative estimate of drug-likeness (QED) is 0.158. The van der Waals surface area contributed by atoms with E-state index in [2.05, 4.69) is 217 Å². The summed E-state index contributed by atoms with van der Waals surface area (Å²) in [4.78, 5) is 2.47. The summed E-state index contributed by atoms with van der Waals surface area (Å²) in [6.07, 6.45) is 0. The predicted octanol–water partition coefficient (Wildman–Crippen LogP) is 16.6. The molecule has 0 radical (unpaired) electrons. The first-order valence-corrected chi connectivity index (χ1v) is 20.7. The van der Waals surface area contributed by atoms with Crippen LogP contribution in [0.3, 0.4) is 0 Å². The molecule has 0 unspecified atom stereocenters. The minimum Gasteiger partial charge on any atom is -0.310 e. The van der Waals surface area contributed by atoms with Gasteiger partial charge in [0.2, 0.25) is 0 Å². The molecule has 0 fully saturated rings. The maximum Gasteiger partial charge on any atom is 0.0540 e. The van der Waals surface area contributed by atoms with E-state index in [9.17, 15) is 0 Å². The van der Waals surface area contributed by atoms with E-state index in [0.717, 1.165) is 17.1 Å². The van der Waals surface area contributed by atoms with Crippen molar-refractivity contribution in [3.8, 4) is 22.3 Å². The molecule has 1 heterocycles. The molecule has 0 atom stereocenters. The first kappa shape index (κ1) is 32.9. The molecule has 0 N–H and O–H groups in total. The lowest BCUT2D eigenvalue weighted by Crippen LogP contribution is -2.10. The Bertz CT molecular complexity index is 3580. The Kier molecular flexibility index (Phi) is 7.47. The number of anilines is 3. The molecule has 0 aliphatic heterocycles. The molecule has 2 heteroatoms. The van der Waals surface area contributed by atoms with Gasteiger partial charge in [0, 0.05) is 36.9 Å². The summed E-state index contributed by atoms with van der Waals surface area (Å²) in [6.45, 7) is 0. The maximum atomic E-state index is 2.47. The maximum absolute atomic E-state index is 2.47. The Morgan fingerprint density at radius 3 is 1.69 bits per heavy atom. The molecule has 12 rings (SSSR count). The molecule has 0 amide bonds. The normalized spacial score (nSPS) is 11.8. The molecular weight excluding hydrogens is 719 g/mol. The molecule has 0 saturated carbocycles. The van der Waals surface area contributed by atoms with Gasteiger partial charge in [0.05, 0.1) is 5.69 Å². The number of hydrogen-bond donors (Lipinski definition) is 0. The Labute approximate surface area is 340 Å². The molecule has 0 saturated heterocycles. The van der Waals surface area contributed by atoms with Gasteiger partial charge >= 0.3 is 0 Å². The average Bonchev–Trinajstić information content (AvgIpc) is 3.64. The first-order valence-electron chi connectivity index (χ1n) is 19.9. The topological polar surface area (TPSA) is 3.24 Å². The smallest absolute Gasteiger partial charge is 0.0540 e. The van der Waals surface area contributed by atoms with Crippen LogP contribution < -0.4 is 4.90 Å². The van der Waals surface area contributed by atoms with Crippen molar-refractivity contribution in [3.05, 3.63) is 212 Å². The van der Waals surface area contributed by atoms with Gasteiger partial charge < -0.3 is 4.90 Å². The third-order valence-corrected chi connectivity index (χ3v) is 13.1. The summed E-state index contributed by atoms with van der Waals surface area (Å²) in [5.41, 5.74) is 8.34. The van der Waals surface area contributed by atoms with Crippen LogP contribution in [0.4, 0.5) is 17.1 Å². The van der Waals surface area contributed by atoms with Crippen molar-refractivity contribution in [2.45, 2.75) is 0 Å². The van der Waals surface area contributed by atoms with Crippen molar-refractivity contribution in [3.63, 3.8) is 0 Å². The molecule has 1 aromatic heterocycles. The summed E-state index contributed by atoms with van der Waals surface area (Å²) < 4.78 is 2.61. The van der Waals surface area contributed by atoms with Crippen LogP contribution in [-0.2, 0) is 0 Å². The van der Waals surface area contributed by atoms with Crippen LogP contribution in [0, 0.1) is 0 Å². The zero-order chi connectivity index (χ0) is 38.2. The molecule has 270 valence electrons. The van der Waals surface area contributed by atoms with Gasteiger partial charge in [0.1, 0.15) is 0 Å². The van der Waals surface area contributed by atoms with Crippen LogP contribution in [0.25, 0.3) is 96.3 Å². The summed E-state index contributed by atoms with van der Waals surface area (Å²) >= 11 is 1.88. The largest absolute Gasteiger partial charge is 0.310 e. The van der Waals surface area contributed by atoms with Crippen molar-refractivity contribution >= 4 is 102 Å². The van der Waals surface area contributed by atoms with E-state index in [0.29, 0.717) is 0 Å². The van der Waals surface area contributed by atoms with E-state index in [1.165, 1.54) is 96.3 Å². The number of hydrogen-bond acceptors (Lipinski definition) is 2. The molecular formula is C56H35NS. The van der Waals surface area contributed by atoms with Gasteiger partial charge in [-0.3, -0.25) is 0 Å². The van der Waals surface area contributed by atoms with E-state index in [1.807, 2.05) is 11.3 Å². The lowest BCUT2D eigenvalue weighted by Gasteiger charge is -2.28. The van der Waals surface area contributed by atoms with Gasteiger partial charge in [-0.05, 0) is 131 Å². The minimum atomic E-state index is 1.12. The van der Waals surface area contributed by atoms with E-state index in [4.69, 9.17) is 0 Å². The van der Waals surface area contributed by atoms with Gasteiger partial charge in [0.15, 0.2) is 0 Å². The Morgan fingerprint density at radius 1 is 0.276 bits per heavy atom. The number of benzene rings is 11. The fourth-order valence-corrected chi connectivity index (χ4v) is 10.3. The second-order valence-corrected chi connectivity index (χ2v) is 16.4. The third-order valence-electron chi connectivity index (χ3n) is 12.0.